The van der Waals surface area contributed by atoms with Crippen LogP contribution < -0.4 is 5.73 Å². The number of hydrogen-bond donors (Lipinski definition) is 1. The molecule has 0 spiro atoms. The molecule has 0 radical (unpaired) electrons. The van der Waals surface area contributed by atoms with Gasteiger partial charge in [0, 0.05) is 11.5 Å². The van der Waals surface area contributed by atoms with E-state index in [1.54, 1.807) is 0 Å². The lowest BCUT2D eigenvalue weighted by atomic mass is 9.81. The Hall–Kier alpha value is -1.08. The average Bonchev–Trinajstić information content (AvgIpc) is 2.18. The molecule has 0 bridgehead atoms. The zero-order valence-electron chi connectivity index (χ0n) is 8.33. The second-order valence-electron chi connectivity index (χ2n) is 3.91. The average molecular weight is 175 g/mol. The lowest BCUT2D eigenvalue weighted by molar-refractivity contribution is 0.381. The molecule has 0 aliphatic carbocycles. The van der Waals surface area contributed by atoms with Crippen LogP contribution in [0, 0.1) is 5.41 Å². The van der Waals surface area contributed by atoms with E-state index in [-0.39, 0.29) is 11.5 Å². The molecule has 0 heterocycles. The zero-order chi connectivity index (χ0) is 9.90. The van der Waals surface area contributed by atoms with E-state index in [2.05, 4.69) is 32.6 Å². The van der Waals surface area contributed by atoms with Crippen LogP contribution in [0.3, 0.4) is 0 Å². The van der Waals surface area contributed by atoms with E-state index in [0.717, 1.165) is 5.56 Å². The highest BCUT2D eigenvalue weighted by molar-refractivity contribution is 5.22. The summed E-state index contributed by atoms with van der Waals surface area (Å²) in [5.74, 6) is 0. The molecule has 1 rings (SSSR count). The number of nitrogens with two attached hydrogens (primary N) is 1. The predicted octanol–water partition coefficient (Wildman–Crippen LogP) is 2.90. The molecule has 1 atom stereocenters. The van der Waals surface area contributed by atoms with Gasteiger partial charge in [-0.15, -0.1) is 6.58 Å². The van der Waals surface area contributed by atoms with E-state index < -0.39 is 0 Å². The summed E-state index contributed by atoms with van der Waals surface area (Å²) in [6.07, 6.45) is 1.91. The van der Waals surface area contributed by atoms with E-state index in [0.29, 0.717) is 0 Å². The molecule has 13 heavy (non-hydrogen) atoms. The van der Waals surface area contributed by atoms with Gasteiger partial charge in [-0.25, -0.2) is 0 Å². The van der Waals surface area contributed by atoms with Gasteiger partial charge in [-0.3, -0.25) is 0 Å². The molecular formula is C12H17N. The highest BCUT2D eigenvalue weighted by atomic mass is 14.7. The summed E-state index contributed by atoms with van der Waals surface area (Å²) in [5, 5.41) is 0. The fraction of sp³-hybridized carbons (Fsp3) is 0.333. The first kappa shape index (κ1) is 10.0. The number of hydrogen-bond acceptors (Lipinski definition) is 1. The van der Waals surface area contributed by atoms with Crippen molar-refractivity contribution in [2.45, 2.75) is 19.9 Å². The summed E-state index contributed by atoms with van der Waals surface area (Å²) >= 11 is 0. The summed E-state index contributed by atoms with van der Waals surface area (Å²) in [5.41, 5.74) is 7.22. The molecule has 0 amide bonds. The molecule has 0 saturated carbocycles. The minimum absolute atomic E-state index is 0.0196. The summed E-state index contributed by atoms with van der Waals surface area (Å²) < 4.78 is 0. The third-order valence-corrected chi connectivity index (χ3v) is 2.49. The first-order valence-electron chi connectivity index (χ1n) is 4.52. The molecule has 0 aliphatic rings. The fourth-order valence-electron chi connectivity index (χ4n) is 1.22. The van der Waals surface area contributed by atoms with Crippen LogP contribution >= 0.6 is 0 Å². The molecule has 1 nitrogen and oxygen atoms in total. The predicted molar refractivity (Wildman–Crippen MR) is 57.3 cm³/mol. The molecular weight excluding hydrogens is 158 g/mol. The Morgan fingerprint density at radius 3 is 2.31 bits per heavy atom. The Balaban J connectivity index is 2.91. The van der Waals surface area contributed by atoms with Crippen molar-refractivity contribution in [3.05, 3.63) is 48.6 Å². The molecule has 1 aromatic carbocycles. The summed E-state index contributed by atoms with van der Waals surface area (Å²) in [6, 6.07) is 10.1. The van der Waals surface area contributed by atoms with Gasteiger partial charge >= 0.3 is 0 Å². The van der Waals surface area contributed by atoms with Crippen LogP contribution in [-0.4, -0.2) is 0 Å². The van der Waals surface area contributed by atoms with Crippen molar-refractivity contribution < 1.29 is 0 Å². The quantitative estimate of drug-likeness (QED) is 0.702. The molecule has 1 aromatic rings. The lowest BCUT2D eigenvalue weighted by Crippen LogP contribution is -2.27. The van der Waals surface area contributed by atoms with Gasteiger partial charge in [0.15, 0.2) is 0 Å². The molecule has 1 heteroatoms. The summed E-state index contributed by atoms with van der Waals surface area (Å²) in [4.78, 5) is 0. The van der Waals surface area contributed by atoms with E-state index >= 15 is 0 Å². The van der Waals surface area contributed by atoms with Gasteiger partial charge in [0.1, 0.15) is 0 Å². The van der Waals surface area contributed by atoms with Crippen molar-refractivity contribution in [1.29, 1.82) is 0 Å². The smallest absolute Gasteiger partial charge is 0.0381 e. The van der Waals surface area contributed by atoms with Crippen molar-refractivity contribution in [2.75, 3.05) is 0 Å². The van der Waals surface area contributed by atoms with Gasteiger partial charge in [0.05, 0.1) is 0 Å². The SMILES string of the molecule is C=CC(C)(C)[C@H](N)c1ccccc1. The normalized spacial score (nSPS) is 13.8. The molecule has 0 aromatic heterocycles. The van der Waals surface area contributed by atoms with Gasteiger partial charge in [-0.2, -0.15) is 0 Å². The first-order chi connectivity index (χ1) is 6.08. The van der Waals surface area contributed by atoms with Gasteiger partial charge in [0.25, 0.3) is 0 Å². The lowest BCUT2D eigenvalue weighted by Gasteiger charge is -2.28. The maximum atomic E-state index is 6.11. The maximum Gasteiger partial charge on any atom is 0.0381 e. The van der Waals surface area contributed by atoms with E-state index in [1.807, 2.05) is 24.3 Å². The molecule has 0 saturated heterocycles. The van der Waals surface area contributed by atoms with Crippen LogP contribution in [-0.2, 0) is 0 Å². The van der Waals surface area contributed by atoms with Gasteiger partial charge < -0.3 is 5.73 Å². The molecule has 2 N–H and O–H groups in total. The van der Waals surface area contributed by atoms with Gasteiger partial charge in [0.2, 0.25) is 0 Å². The van der Waals surface area contributed by atoms with E-state index in [9.17, 15) is 0 Å². The summed E-state index contributed by atoms with van der Waals surface area (Å²) in [6.45, 7) is 7.99. The van der Waals surface area contributed by atoms with Crippen molar-refractivity contribution in [3.63, 3.8) is 0 Å². The Morgan fingerprint density at radius 1 is 1.31 bits per heavy atom. The Kier molecular flexibility index (Phi) is 2.89. The van der Waals surface area contributed by atoms with Crippen LogP contribution in [0.25, 0.3) is 0 Å². The third kappa shape index (κ3) is 2.19. The third-order valence-electron chi connectivity index (χ3n) is 2.49. The van der Waals surface area contributed by atoms with Crippen LogP contribution in [0.2, 0.25) is 0 Å². The van der Waals surface area contributed by atoms with Gasteiger partial charge in [-0.1, -0.05) is 50.3 Å². The Bertz CT molecular complexity index is 274. The van der Waals surface area contributed by atoms with E-state index in [4.69, 9.17) is 5.73 Å². The topological polar surface area (TPSA) is 26.0 Å². The Labute approximate surface area is 80.3 Å². The van der Waals surface area contributed by atoms with Crippen LogP contribution in [0.5, 0.6) is 0 Å². The first-order valence-corrected chi connectivity index (χ1v) is 4.52. The van der Waals surface area contributed by atoms with Crippen molar-refractivity contribution in [1.82, 2.24) is 0 Å². The fourth-order valence-corrected chi connectivity index (χ4v) is 1.22. The summed E-state index contributed by atoms with van der Waals surface area (Å²) in [7, 11) is 0. The number of rotatable bonds is 3. The van der Waals surface area contributed by atoms with Crippen molar-refractivity contribution in [2.24, 2.45) is 11.1 Å². The highest BCUT2D eigenvalue weighted by Gasteiger charge is 2.23. The standard InChI is InChI=1S/C12H17N/c1-4-12(2,3)11(13)10-8-6-5-7-9-10/h4-9,11H,1,13H2,2-3H3/t11-/m1/s1. The number of benzene rings is 1. The highest BCUT2D eigenvalue weighted by Crippen LogP contribution is 2.31. The molecule has 0 aliphatic heterocycles. The second-order valence-corrected chi connectivity index (χ2v) is 3.91. The molecule has 70 valence electrons. The largest absolute Gasteiger partial charge is 0.323 e. The van der Waals surface area contributed by atoms with Crippen LogP contribution in [0.15, 0.2) is 43.0 Å². The van der Waals surface area contributed by atoms with Crippen LogP contribution in [0.4, 0.5) is 0 Å². The minimum atomic E-state index is -0.0542. The monoisotopic (exact) mass is 175 g/mol. The van der Waals surface area contributed by atoms with Gasteiger partial charge in [-0.05, 0) is 5.56 Å². The minimum Gasteiger partial charge on any atom is -0.323 e. The zero-order valence-corrected chi connectivity index (χ0v) is 8.33. The van der Waals surface area contributed by atoms with E-state index in [1.165, 1.54) is 0 Å². The molecule has 0 unspecified atom stereocenters. The van der Waals surface area contributed by atoms with Crippen LogP contribution in [0.1, 0.15) is 25.5 Å². The maximum absolute atomic E-state index is 6.11. The van der Waals surface area contributed by atoms with Crippen molar-refractivity contribution >= 4 is 0 Å². The second kappa shape index (κ2) is 3.75. The Morgan fingerprint density at radius 2 is 1.85 bits per heavy atom. The molecule has 0 fully saturated rings. The van der Waals surface area contributed by atoms with Crippen molar-refractivity contribution in [3.8, 4) is 0 Å².